The van der Waals surface area contributed by atoms with Crippen LogP contribution in [0.1, 0.15) is 45.2 Å². The van der Waals surface area contributed by atoms with Crippen molar-refractivity contribution in [2.24, 2.45) is 0 Å². The molecule has 0 bridgehead atoms. The second-order valence-electron chi connectivity index (χ2n) is 6.94. The third-order valence-corrected chi connectivity index (χ3v) is 4.49. The van der Waals surface area contributed by atoms with Crippen molar-refractivity contribution in [1.82, 2.24) is 5.32 Å². The van der Waals surface area contributed by atoms with E-state index in [2.05, 4.69) is 39.1 Å². The van der Waals surface area contributed by atoms with Crippen molar-refractivity contribution in [2.45, 2.75) is 52.0 Å². The summed E-state index contributed by atoms with van der Waals surface area (Å²) in [7, 11) is 0. The summed E-state index contributed by atoms with van der Waals surface area (Å²) in [5.74, 6) is -0.458. The third kappa shape index (κ3) is 6.98. The SMILES string of the molecule is CCc1ccc(OCC(=O)N[C@H](CCSC)C(=O)[O-])c(C(C)(C)C)c1. The topological polar surface area (TPSA) is 78.5 Å². The Morgan fingerprint density at radius 3 is 2.52 bits per heavy atom. The maximum Gasteiger partial charge on any atom is 0.258 e. The Morgan fingerprint density at radius 1 is 1.32 bits per heavy atom. The van der Waals surface area contributed by atoms with Gasteiger partial charge in [-0.05, 0) is 47.5 Å². The highest BCUT2D eigenvalue weighted by Crippen LogP contribution is 2.32. The first kappa shape index (κ1) is 21.4. The average molecular weight is 367 g/mol. The second kappa shape index (κ2) is 9.70. The number of benzene rings is 1. The molecule has 1 aromatic carbocycles. The standard InChI is InChI=1S/C19H29NO4S/c1-6-13-7-8-16(14(11-13)19(2,3)4)24-12-17(21)20-15(18(22)23)9-10-25-5/h7-8,11,15H,6,9-10,12H2,1-5H3,(H,20,21)(H,22,23)/p-1/t15-/m1/s1. The molecule has 25 heavy (non-hydrogen) atoms. The molecular formula is C19H28NO4S-. The van der Waals surface area contributed by atoms with Gasteiger partial charge in [0.05, 0.1) is 12.0 Å². The van der Waals surface area contributed by atoms with E-state index in [-0.39, 0.29) is 12.0 Å². The molecule has 5 nitrogen and oxygen atoms in total. The van der Waals surface area contributed by atoms with Crippen molar-refractivity contribution in [3.05, 3.63) is 29.3 Å². The Kier molecular flexibility index (Phi) is 8.29. The summed E-state index contributed by atoms with van der Waals surface area (Å²) in [4.78, 5) is 23.1. The first-order valence-electron chi connectivity index (χ1n) is 8.44. The molecule has 0 radical (unpaired) electrons. The number of carbonyl (C=O) groups excluding carboxylic acids is 2. The van der Waals surface area contributed by atoms with Gasteiger partial charge in [0, 0.05) is 0 Å². The zero-order chi connectivity index (χ0) is 19.0. The molecule has 0 aliphatic carbocycles. The molecular weight excluding hydrogens is 338 g/mol. The monoisotopic (exact) mass is 366 g/mol. The molecule has 0 aliphatic heterocycles. The summed E-state index contributed by atoms with van der Waals surface area (Å²) in [6.45, 7) is 8.12. The summed E-state index contributed by atoms with van der Waals surface area (Å²) in [6, 6.07) is 4.95. The van der Waals surface area contributed by atoms with Gasteiger partial charge in [-0.1, -0.05) is 39.8 Å². The van der Waals surface area contributed by atoms with Gasteiger partial charge in [0.15, 0.2) is 6.61 Å². The molecule has 6 heteroatoms. The molecule has 1 rings (SSSR count). The minimum atomic E-state index is -1.27. The fraction of sp³-hybridized carbons (Fsp3) is 0.579. The molecule has 0 saturated carbocycles. The zero-order valence-corrected chi connectivity index (χ0v) is 16.5. The van der Waals surface area contributed by atoms with E-state index in [9.17, 15) is 14.7 Å². The van der Waals surface area contributed by atoms with Crippen molar-refractivity contribution in [3.8, 4) is 5.75 Å². The number of aliphatic carboxylic acids is 1. The van der Waals surface area contributed by atoms with Gasteiger partial charge in [0.25, 0.3) is 5.91 Å². The van der Waals surface area contributed by atoms with E-state index in [1.165, 1.54) is 17.3 Å². The lowest BCUT2D eigenvalue weighted by atomic mass is 9.85. The van der Waals surface area contributed by atoms with Crippen LogP contribution < -0.4 is 15.2 Å². The highest BCUT2D eigenvalue weighted by atomic mass is 32.2. The van der Waals surface area contributed by atoms with E-state index in [1.54, 1.807) is 0 Å². The average Bonchev–Trinajstić information content (AvgIpc) is 2.55. The summed E-state index contributed by atoms with van der Waals surface area (Å²) in [5, 5.41) is 13.6. The number of ether oxygens (including phenoxy) is 1. The van der Waals surface area contributed by atoms with Gasteiger partial charge in [0.1, 0.15) is 5.75 Å². The van der Waals surface area contributed by atoms with Gasteiger partial charge in [-0.25, -0.2) is 0 Å². The van der Waals surface area contributed by atoms with Gasteiger partial charge in [0.2, 0.25) is 0 Å². The van der Waals surface area contributed by atoms with Gasteiger partial charge in [-0.15, -0.1) is 0 Å². The van der Waals surface area contributed by atoms with Crippen LogP contribution >= 0.6 is 11.8 Å². The quantitative estimate of drug-likeness (QED) is 0.722. The minimum Gasteiger partial charge on any atom is -0.548 e. The van der Waals surface area contributed by atoms with Crippen LogP contribution in [0.3, 0.4) is 0 Å². The Balaban J connectivity index is 2.76. The predicted octanol–water partition coefficient (Wildman–Crippen LogP) is 1.91. The Bertz CT molecular complexity index is 596. The second-order valence-corrected chi connectivity index (χ2v) is 7.93. The van der Waals surface area contributed by atoms with E-state index in [4.69, 9.17) is 4.74 Å². The maximum absolute atomic E-state index is 12.0. The first-order valence-corrected chi connectivity index (χ1v) is 9.83. The molecule has 0 aromatic heterocycles. The van der Waals surface area contributed by atoms with E-state index >= 15 is 0 Å². The van der Waals surface area contributed by atoms with Crippen molar-refractivity contribution in [1.29, 1.82) is 0 Å². The molecule has 1 atom stereocenters. The van der Waals surface area contributed by atoms with Crippen LogP contribution in [-0.4, -0.2) is 36.5 Å². The molecule has 0 saturated heterocycles. The van der Waals surface area contributed by atoms with Crippen molar-refractivity contribution in [3.63, 3.8) is 0 Å². The minimum absolute atomic E-state index is 0.122. The van der Waals surface area contributed by atoms with E-state index in [0.29, 0.717) is 17.9 Å². The fourth-order valence-electron chi connectivity index (χ4n) is 2.37. The number of thioether (sulfide) groups is 1. The van der Waals surface area contributed by atoms with Gasteiger partial charge in [-0.2, -0.15) is 11.8 Å². The van der Waals surface area contributed by atoms with Crippen LogP contribution in [-0.2, 0) is 21.4 Å². The van der Waals surface area contributed by atoms with Crippen LogP contribution in [0.4, 0.5) is 0 Å². The van der Waals surface area contributed by atoms with E-state index in [0.717, 1.165) is 12.0 Å². The predicted molar refractivity (Wildman–Crippen MR) is 100.0 cm³/mol. The first-order chi connectivity index (χ1) is 11.7. The Labute approximate surface area is 154 Å². The normalized spacial score (nSPS) is 12.5. The Morgan fingerprint density at radius 2 is 2.00 bits per heavy atom. The van der Waals surface area contributed by atoms with Gasteiger partial charge in [-0.3, -0.25) is 4.79 Å². The lowest BCUT2D eigenvalue weighted by molar-refractivity contribution is -0.308. The van der Waals surface area contributed by atoms with Crippen LogP contribution in [0.2, 0.25) is 0 Å². The maximum atomic E-state index is 12.0. The third-order valence-electron chi connectivity index (χ3n) is 3.85. The molecule has 1 N–H and O–H groups in total. The smallest absolute Gasteiger partial charge is 0.258 e. The van der Waals surface area contributed by atoms with Crippen LogP contribution in [0, 0.1) is 0 Å². The van der Waals surface area contributed by atoms with Crippen molar-refractivity contribution >= 4 is 23.6 Å². The lowest BCUT2D eigenvalue weighted by Crippen LogP contribution is -2.49. The van der Waals surface area contributed by atoms with E-state index < -0.39 is 17.9 Å². The number of hydrogen-bond acceptors (Lipinski definition) is 5. The molecule has 1 aromatic rings. The summed E-state index contributed by atoms with van der Waals surface area (Å²) >= 11 is 1.52. The molecule has 140 valence electrons. The molecule has 1 amide bonds. The van der Waals surface area contributed by atoms with Crippen molar-refractivity contribution in [2.75, 3.05) is 18.6 Å². The summed E-state index contributed by atoms with van der Waals surface area (Å²) in [6.07, 6.45) is 3.13. The zero-order valence-electron chi connectivity index (χ0n) is 15.7. The largest absolute Gasteiger partial charge is 0.548 e. The van der Waals surface area contributed by atoms with Crippen LogP contribution in [0.5, 0.6) is 5.75 Å². The number of hydrogen-bond donors (Lipinski definition) is 1. The van der Waals surface area contributed by atoms with Crippen molar-refractivity contribution < 1.29 is 19.4 Å². The highest BCUT2D eigenvalue weighted by molar-refractivity contribution is 7.98. The van der Waals surface area contributed by atoms with Crippen LogP contribution in [0.15, 0.2) is 18.2 Å². The molecule has 0 spiro atoms. The molecule has 0 heterocycles. The number of aryl methyl sites for hydroxylation is 1. The van der Waals surface area contributed by atoms with Crippen LogP contribution in [0.25, 0.3) is 0 Å². The lowest BCUT2D eigenvalue weighted by Gasteiger charge is -2.24. The summed E-state index contributed by atoms with van der Waals surface area (Å²) in [5.41, 5.74) is 2.11. The molecule has 0 fully saturated rings. The summed E-state index contributed by atoms with van der Waals surface area (Å²) < 4.78 is 5.68. The molecule has 0 unspecified atom stereocenters. The number of amides is 1. The van der Waals surface area contributed by atoms with Gasteiger partial charge < -0.3 is 20.0 Å². The number of carboxylic acids is 1. The fourth-order valence-corrected chi connectivity index (χ4v) is 2.84. The number of nitrogens with one attached hydrogen (secondary N) is 1. The molecule has 0 aliphatic rings. The van der Waals surface area contributed by atoms with Gasteiger partial charge >= 0.3 is 0 Å². The van der Waals surface area contributed by atoms with E-state index in [1.807, 2.05) is 18.4 Å². The Hall–Kier alpha value is -1.69. The number of carboxylic acid groups (broad SMARTS) is 1. The number of rotatable bonds is 9. The highest BCUT2D eigenvalue weighted by Gasteiger charge is 2.20. The number of carbonyl (C=O) groups is 2.